The molecule has 0 saturated heterocycles. The minimum absolute atomic E-state index is 0.487. The molecular formula is C13H13NO3. The molecule has 0 spiro atoms. The Morgan fingerprint density at radius 2 is 2.00 bits per heavy atom. The summed E-state index contributed by atoms with van der Waals surface area (Å²) >= 11 is 0. The van der Waals surface area contributed by atoms with Gasteiger partial charge in [0.2, 0.25) is 0 Å². The zero-order valence-electron chi connectivity index (χ0n) is 9.24. The van der Waals surface area contributed by atoms with E-state index in [9.17, 15) is 9.90 Å². The zero-order chi connectivity index (χ0) is 12.4. The molecule has 0 saturated carbocycles. The van der Waals surface area contributed by atoms with E-state index in [0.717, 1.165) is 0 Å². The summed E-state index contributed by atoms with van der Waals surface area (Å²) < 4.78 is 6.46. The Balaban J connectivity index is 2.68. The van der Waals surface area contributed by atoms with E-state index in [1.165, 1.54) is 16.7 Å². The second kappa shape index (κ2) is 4.43. The van der Waals surface area contributed by atoms with Gasteiger partial charge in [0.25, 0.3) is 0 Å². The molecule has 2 aromatic rings. The molecular weight excluding hydrogens is 218 g/mol. The Morgan fingerprint density at radius 1 is 1.29 bits per heavy atom. The van der Waals surface area contributed by atoms with Crippen LogP contribution in [0.3, 0.4) is 0 Å². The number of hydrogen-bond acceptors (Lipinski definition) is 3. The summed E-state index contributed by atoms with van der Waals surface area (Å²) in [5, 5.41) is 9.78. The topological polar surface area (TPSA) is 55.4 Å². The SMILES string of the molecule is C=C[C@@H](O)[C@@H](C=C)n1c(=O)oc2ccccc21. The van der Waals surface area contributed by atoms with Crippen LogP contribution in [0.1, 0.15) is 6.04 Å². The molecule has 2 rings (SSSR count). The summed E-state index contributed by atoms with van der Waals surface area (Å²) in [7, 11) is 0. The van der Waals surface area contributed by atoms with E-state index in [0.29, 0.717) is 11.1 Å². The third-order valence-corrected chi connectivity index (χ3v) is 2.65. The van der Waals surface area contributed by atoms with E-state index in [2.05, 4.69) is 13.2 Å². The highest BCUT2D eigenvalue weighted by Gasteiger charge is 2.20. The number of para-hydroxylation sites is 2. The predicted molar refractivity (Wildman–Crippen MR) is 65.9 cm³/mol. The number of nitrogens with zero attached hydrogens (tertiary/aromatic N) is 1. The molecule has 0 amide bonds. The lowest BCUT2D eigenvalue weighted by Crippen LogP contribution is -2.27. The number of oxazole rings is 1. The van der Waals surface area contributed by atoms with Crippen LogP contribution in [0.15, 0.2) is 58.8 Å². The monoisotopic (exact) mass is 231 g/mol. The van der Waals surface area contributed by atoms with Crippen LogP contribution in [0.4, 0.5) is 0 Å². The number of rotatable bonds is 4. The third-order valence-electron chi connectivity index (χ3n) is 2.65. The van der Waals surface area contributed by atoms with Crippen LogP contribution in [-0.4, -0.2) is 15.8 Å². The second-order valence-electron chi connectivity index (χ2n) is 3.66. The molecule has 4 nitrogen and oxygen atoms in total. The van der Waals surface area contributed by atoms with Crippen molar-refractivity contribution in [2.24, 2.45) is 0 Å². The second-order valence-corrected chi connectivity index (χ2v) is 3.66. The number of benzene rings is 1. The molecule has 1 aromatic heterocycles. The summed E-state index contributed by atoms with van der Waals surface area (Å²) in [4.78, 5) is 11.8. The molecule has 0 aliphatic heterocycles. The number of aliphatic hydroxyl groups excluding tert-OH is 1. The Morgan fingerprint density at radius 3 is 2.65 bits per heavy atom. The number of aliphatic hydroxyl groups is 1. The lowest BCUT2D eigenvalue weighted by Gasteiger charge is -2.17. The van der Waals surface area contributed by atoms with Crippen LogP contribution < -0.4 is 5.76 Å². The fourth-order valence-electron chi connectivity index (χ4n) is 1.80. The van der Waals surface area contributed by atoms with E-state index in [1.54, 1.807) is 24.3 Å². The average Bonchev–Trinajstić information content (AvgIpc) is 2.67. The molecule has 0 radical (unpaired) electrons. The van der Waals surface area contributed by atoms with Gasteiger partial charge in [0, 0.05) is 0 Å². The van der Waals surface area contributed by atoms with E-state index < -0.39 is 17.9 Å². The summed E-state index contributed by atoms with van der Waals surface area (Å²) in [6, 6.07) is 6.46. The van der Waals surface area contributed by atoms with Crippen molar-refractivity contribution in [3.05, 3.63) is 60.1 Å². The molecule has 0 unspecified atom stereocenters. The van der Waals surface area contributed by atoms with Gasteiger partial charge in [0.15, 0.2) is 5.58 Å². The fraction of sp³-hybridized carbons (Fsp3) is 0.154. The maximum absolute atomic E-state index is 11.8. The van der Waals surface area contributed by atoms with Crippen molar-refractivity contribution in [3.8, 4) is 0 Å². The van der Waals surface area contributed by atoms with Gasteiger partial charge in [-0.2, -0.15) is 0 Å². The van der Waals surface area contributed by atoms with Crippen molar-refractivity contribution in [2.45, 2.75) is 12.1 Å². The highest BCUT2D eigenvalue weighted by Crippen LogP contribution is 2.20. The molecule has 0 aliphatic rings. The van der Waals surface area contributed by atoms with Gasteiger partial charge in [-0.15, -0.1) is 13.2 Å². The van der Waals surface area contributed by atoms with Crippen molar-refractivity contribution in [1.29, 1.82) is 0 Å². The normalized spacial score (nSPS) is 14.4. The first-order valence-corrected chi connectivity index (χ1v) is 5.22. The molecule has 4 heteroatoms. The number of fused-ring (bicyclic) bond motifs is 1. The van der Waals surface area contributed by atoms with Gasteiger partial charge in [-0.1, -0.05) is 24.3 Å². The van der Waals surface area contributed by atoms with Crippen LogP contribution in [0.2, 0.25) is 0 Å². The van der Waals surface area contributed by atoms with Gasteiger partial charge in [-0.05, 0) is 12.1 Å². The fourth-order valence-corrected chi connectivity index (χ4v) is 1.80. The Labute approximate surface area is 98.1 Å². The maximum atomic E-state index is 11.8. The molecule has 0 fully saturated rings. The largest absolute Gasteiger partial charge is 0.420 e. The van der Waals surface area contributed by atoms with Crippen LogP contribution in [0, 0.1) is 0 Å². The van der Waals surface area contributed by atoms with Crippen LogP contribution >= 0.6 is 0 Å². The first-order valence-electron chi connectivity index (χ1n) is 5.22. The number of aromatic nitrogens is 1. The summed E-state index contributed by atoms with van der Waals surface area (Å²) in [6.45, 7) is 7.13. The Hall–Kier alpha value is -2.07. The smallest absolute Gasteiger partial charge is 0.408 e. The average molecular weight is 231 g/mol. The van der Waals surface area contributed by atoms with E-state index >= 15 is 0 Å². The highest BCUT2D eigenvalue weighted by molar-refractivity contribution is 5.72. The summed E-state index contributed by atoms with van der Waals surface area (Å²) in [6.07, 6.45) is 1.97. The quantitative estimate of drug-likeness (QED) is 0.817. The molecule has 88 valence electrons. The van der Waals surface area contributed by atoms with Crippen LogP contribution in [0.25, 0.3) is 11.1 Å². The van der Waals surface area contributed by atoms with E-state index in [-0.39, 0.29) is 0 Å². The molecule has 1 heterocycles. The van der Waals surface area contributed by atoms with Crippen molar-refractivity contribution in [2.75, 3.05) is 0 Å². The minimum atomic E-state index is -0.883. The Bertz CT molecular complexity index is 608. The van der Waals surface area contributed by atoms with Gasteiger partial charge in [-0.3, -0.25) is 4.57 Å². The molecule has 1 N–H and O–H groups in total. The van der Waals surface area contributed by atoms with Crippen molar-refractivity contribution >= 4 is 11.1 Å². The maximum Gasteiger partial charge on any atom is 0.420 e. The van der Waals surface area contributed by atoms with Crippen LogP contribution in [-0.2, 0) is 0 Å². The lowest BCUT2D eigenvalue weighted by molar-refractivity contribution is 0.177. The molecule has 0 aliphatic carbocycles. The molecule has 2 atom stereocenters. The first-order chi connectivity index (χ1) is 8.19. The van der Waals surface area contributed by atoms with Gasteiger partial charge in [-0.25, -0.2) is 4.79 Å². The predicted octanol–water partition coefficient (Wildman–Crippen LogP) is 1.87. The number of hydrogen-bond donors (Lipinski definition) is 1. The van der Waals surface area contributed by atoms with E-state index in [1.807, 2.05) is 0 Å². The summed E-state index contributed by atoms with van der Waals surface area (Å²) in [5.74, 6) is -0.517. The molecule has 17 heavy (non-hydrogen) atoms. The van der Waals surface area contributed by atoms with Gasteiger partial charge >= 0.3 is 5.76 Å². The van der Waals surface area contributed by atoms with Gasteiger partial charge in [0.1, 0.15) is 0 Å². The molecule has 0 bridgehead atoms. The lowest BCUT2D eigenvalue weighted by atomic mass is 10.1. The highest BCUT2D eigenvalue weighted by atomic mass is 16.4. The third kappa shape index (κ3) is 1.83. The van der Waals surface area contributed by atoms with Gasteiger partial charge < -0.3 is 9.52 Å². The summed E-state index contributed by atoms with van der Waals surface area (Å²) in [5.41, 5.74) is 1.11. The first kappa shape index (κ1) is 11.4. The van der Waals surface area contributed by atoms with Crippen molar-refractivity contribution in [3.63, 3.8) is 0 Å². The van der Waals surface area contributed by atoms with Crippen molar-refractivity contribution < 1.29 is 9.52 Å². The van der Waals surface area contributed by atoms with Crippen LogP contribution in [0.5, 0.6) is 0 Å². The minimum Gasteiger partial charge on any atom is -0.408 e. The van der Waals surface area contributed by atoms with Crippen molar-refractivity contribution in [1.82, 2.24) is 4.57 Å². The standard InChI is InChI=1S/C13H13NO3/c1-3-9(11(15)4-2)14-10-7-5-6-8-12(10)17-13(14)16/h3-9,11,15H,1-2H2/t9-,11-/m1/s1. The zero-order valence-corrected chi connectivity index (χ0v) is 9.24. The van der Waals surface area contributed by atoms with E-state index in [4.69, 9.17) is 4.42 Å². The van der Waals surface area contributed by atoms with Gasteiger partial charge in [0.05, 0.1) is 17.7 Å². The Kier molecular flexibility index (Phi) is 2.97. The molecule has 1 aromatic carbocycles.